The molecule has 0 aliphatic heterocycles. The number of alkyl halides is 2. The number of fused-ring (bicyclic) bond motifs is 2. The molecule has 8 nitrogen and oxygen atoms in total. The Labute approximate surface area is 264 Å². The van der Waals surface area contributed by atoms with E-state index in [1.54, 1.807) is 23.7 Å². The number of hydrogen-bond acceptors (Lipinski definition) is 5. The van der Waals surface area contributed by atoms with Crippen LogP contribution >= 0.6 is 23.2 Å². The number of amides is 2. The standard InChI is InChI=1S/C32H33Cl2F2N5O3/c1-32(2,3)30(43)37-15-19-9-11-22(33)28(27(19)34)40-31-39-23-13-21(25(44-16-26(35)36)14-24(23)41(31)4)29(42)38-20-10-8-17-6-5-7-18(17)12-20/h8-14,26H,5-7,15-16H2,1-4H3,(H,37,43)(H,38,42)(H,39,40). The third kappa shape index (κ3) is 6.76. The maximum absolute atomic E-state index is 13.4. The second-order valence-electron chi connectivity index (χ2n) is 11.8. The van der Waals surface area contributed by atoms with Crippen molar-refractivity contribution in [1.29, 1.82) is 0 Å². The van der Waals surface area contributed by atoms with Gasteiger partial charge in [-0.25, -0.2) is 13.8 Å². The predicted octanol–water partition coefficient (Wildman–Crippen LogP) is 7.67. The molecule has 232 valence electrons. The lowest BCUT2D eigenvalue weighted by Gasteiger charge is -2.19. The van der Waals surface area contributed by atoms with Gasteiger partial charge in [0.2, 0.25) is 11.9 Å². The Morgan fingerprint density at radius 1 is 1.07 bits per heavy atom. The molecule has 0 atom stereocenters. The van der Waals surface area contributed by atoms with Crippen molar-refractivity contribution >= 4 is 63.4 Å². The molecule has 1 heterocycles. The Hall–Kier alpha value is -3.89. The average Bonchev–Trinajstić information content (AvgIpc) is 3.55. The number of aromatic nitrogens is 2. The van der Waals surface area contributed by atoms with Crippen LogP contribution in [0.1, 0.15) is 54.2 Å². The van der Waals surface area contributed by atoms with Crippen LogP contribution < -0.4 is 20.7 Å². The monoisotopic (exact) mass is 643 g/mol. The van der Waals surface area contributed by atoms with Crippen molar-refractivity contribution in [3.05, 3.63) is 74.8 Å². The lowest BCUT2D eigenvalue weighted by molar-refractivity contribution is -0.128. The summed E-state index contributed by atoms with van der Waals surface area (Å²) in [5.74, 6) is -0.311. The molecule has 44 heavy (non-hydrogen) atoms. The highest BCUT2D eigenvalue weighted by Crippen LogP contribution is 2.37. The van der Waals surface area contributed by atoms with Crippen LogP contribution in [-0.4, -0.2) is 34.4 Å². The van der Waals surface area contributed by atoms with E-state index in [4.69, 9.17) is 27.9 Å². The first-order valence-electron chi connectivity index (χ1n) is 14.2. The Kier molecular flexibility index (Phi) is 9.04. The number of nitrogens with one attached hydrogen (secondary N) is 3. The van der Waals surface area contributed by atoms with Gasteiger partial charge in [-0.15, -0.1) is 0 Å². The number of nitrogens with zero attached hydrogens (tertiary/aromatic N) is 2. The third-order valence-corrected chi connectivity index (χ3v) is 8.22. The molecule has 0 fully saturated rings. The number of hydrogen-bond donors (Lipinski definition) is 3. The molecule has 0 bridgehead atoms. The molecule has 1 aliphatic rings. The summed E-state index contributed by atoms with van der Waals surface area (Å²) in [6.45, 7) is 4.76. The summed E-state index contributed by atoms with van der Waals surface area (Å²) < 4.78 is 33.3. The topological polar surface area (TPSA) is 97.3 Å². The Balaban J connectivity index is 1.46. The highest BCUT2D eigenvalue weighted by molar-refractivity contribution is 6.39. The van der Waals surface area contributed by atoms with Crippen LogP contribution in [0.5, 0.6) is 5.75 Å². The van der Waals surface area contributed by atoms with Crippen molar-refractivity contribution < 1.29 is 23.1 Å². The number of carbonyl (C=O) groups is 2. The number of anilines is 3. The summed E-state index contributed by atoms with van der Waals surface area (Å²) in [4.78, 5) is 30.4. The minimum absolute atomic E-state index is 0.00124. The van der Waals surface area contributed by atoms with Crippen LogP contribution in [0.25, 0.3) is 11.0 Å². The first kappa shape index (κ1) is 31.5. The maximum atomic E-state index is 13.4. The van der Waals surface area contributed by atoms with Gasteiger partial charge in [0.25, 0.3) is 12.3 Å². The van der Waals surface area contributed by atoms with Gasteiger partial charge in [0.15, 0.2) is 0 Å². The highest BCUT2D eigenvalue weighted by Gasteiger charge is 2.23. The minimum atomic E-state index is -2.73. The molecule has 0 saturated carbocycles. The number of imidazole rings is 1. The quantitative estimate of drug-likeness (QED) is 0.174. The predicted molar refractivity (Wildman–Crippen MR) is 170 cm³/mol. The van der Waals surface area contributed by atoms with E-state index in [1.165, 1.54) is 23.3 Å². The SMILES string of the molecule is Cn1c(Nc2c(Cl)ccc(CNC(=O)C(C)(C)C)c2Cl)nc2cc(C(=O)Nc3ccc4c(c3)CCC4)c(OCC(F)F)cc21. The number of carbonyl (C=O) groups excluding carboxylic acids is 2. The Morgan fingerprint density at radius 3 is 2.55 bits per heavy atom. The van der Waals surface area contributed by atoms with Crippen LogP contribution in [0.15, 0.2) is 42.5 Å². The van der Waals surface area contributed by atoms with E-state index >= 15 is 0 Å². The zero-order valence-corrected chi connectivity index (χ0v) is 26.3. The van der Waals surface area contributed by atoms with E-state index in [1.807, 2.05) is 39.0 Å². The van der Waals surface area contributed by atoms with Crippen LogP contribution in [0.2, 0.25) is 10.0 Å². The highest BCUT2D eigenvalue weighted by atomic mass is 35.5. The summed E-state index contributed by atoms with van der Waals surface area (Å²) in [5, 5.41) is 9.52. The molecular formula is C32H33Cl2F2N5O3. The zero-order valence-electron chi connectivity index (χ0n) is 24.8. The number of aryl methyl sites for hydroxylation is 3. The van der Waals surface area contributed by atoms with E-state index in [2.05, 4.69) is 20.9 Å². The van der Waals surface area contributed by atoms with Gasteiger partial charge in [0, 0.05) is 30.8 Å². The average molecular weight is 645 g/mol. The molecule has 5 rings (SSSR count). The van der Waals surface area contributed by atoms with Crippen molar-refractivity contribution in [2.45, 2.75) is 53.0 Å². The van der Waals surface area contributed by atoms with Gasteiger partial charge in [-0.1, -0.05) is 56.1 Å². The molecule has 0 unspecified atom stereocenters. The molecule has 3 N–H and O–H groups in total. The molecule has 1 aliphatic carbocycles. The summed E-state index contributed by atoms with van der Waals surface area (Å²) in [7, 11) is 1.72. The smallest absolute Gasteiger partial charge is 0.272 e. The second-order valence-corrected chi connectivity index (χ2v) is 12.6. The fraction of sp³-hybridized carbons (Fsp3) is 0.344. The minimum Gasteiger partial charge on any atom is -0.487 e. The normalized spacial score (nSPS) is 12.8. The lowest BCUT2D eigenvalue weighted by Crippen LogP contribution is -2.34. The van der Waals surface area contributed by atoms with E-state index in [0.29, 0.717) is 44.0 Å². The van der Waals surface area contributed by atoms with E-state index in [-0.39, 0.29) is 23.8 Å². The molecule has 0 saturated heterocycles. The molecule has 3 aromatic carbocycles. The van der Waals surface area contributed by atoms with Gasteiger partial charge in [0.1, 0.15) is 12.4 Å². The van der Waals surface area contributed by atoms with Crippen LogP contribution in [0.3, 0.4) is 0 Å². The van der Waals surface area contributed by atoms with E-state index in [0.717, 1.165) is 19.3 Å². The second kappa shape index (κ2) is 12.6. The first-order chi connectivity index (χ1) is 20.8. The van der Waals surface area contributed by atoms with Crippen molar-refractivity contribution in [3.8, 4) is 5.75 Å². The summed E-state index contributed by atoms with van der Waals surface area (Å²) in [6, 6.07) is 12.2. The summed E-state index contributed by atoms with van der Waals surface area (Å²) >= 11 is 13.2. The summed E-state index contributed by atoms with van der Waals surface area (Å²) in [6.07, 6.45) is 0.294. The van der Waals surface area contributed by atoms with E-state index < -0.39 is 24.4 Å². The number of rotatable bonds is 9. The molecule has 0 spiro atoms. The molecule has 4 aromatic rings. The molecule has 1 aromatic heterocycles. The molecule has 0 radical (unpaired) electrons. The lowest BCUT2D eigenvalue weighted by atomic mass is 9.95. The van der Waals surface area contributed by atoms with Crippen LogP contribution in [-0.2, 0) is 31.2 Å². The van der Waals surface area contributed by atoms with Gasteiger partial charge in [-0.05, 0) is 60.2 Å². The van der Waals surface area contributed by atoms with Gasteiger partial charge in [-0.2, -0.15) is 0 Å². The zero-order chi connectivity index (χ0) is 31.8. The Bertz CT molecular complexity index is 1750. The third-order valence-electron chi connectivity index (χ3n) is 7.48. The fourth-order valence-corrected chi connectivity index (χ4v) is 5.56. The number of ether oxygens (including phenoxy) is 1. The van der Waals surface area contributed by atoms with Gasteiger partial charge in [0.05, 0.1) is 32.3 Å². The van der Waals surface area contributed by atoms with Crippen molar-refractivity contribution in [1.82, 2.24) is 14.9 Å². The van der Waals surface area contributed by atoms with Crippen LogP contribution in [0.4, 0.5) is 26.1 Å². The number of benzene rings is 3. The molecular weight excluding hydrogens is 611 g/mol. The molecule has 2 amide bonds. The summed E-state index contributed by atoms with van der Waals surface area (Å²) in [5.41, 5.74) is 4.51. The van der Waals surface area contributed by atoms with Crippen LogP contribution in [0, 0.1) is 5.41 Å². The first-order valence-corrected chi connectivity index (χ1v) is 14.9. The number of halogens is 4. The van der Waals surface area contributed by atoms with Gasteiger partial charge in [-0.3, -0.25) is 9.59 Å². The van der Waals surface area contributed by atoms with Gasteiger partial charge >= 0.3 is 0 Å². The van der Waals surface area contributed by atoms with Crippen molar-refractivity contribution in [3.63, 3.8) is 0 Å². The maximum Gasteiger partial charge on any atom is 0.272 e. The van der Waals surface area contributed by atoms with Gasteiger partial charge < -0.3 is 25.3 Å². The largest absolute Gasteiger partial charge is 0.487 e. The van der Waals surface area contributed by atoms with Crippen molar-refractivity contribution in [2.24, 2.45) is 12.5 Å². The van der Waals surface area contributed by atoms with E-state index in [9.17, 15) is 18.4 Å². The van der Waals surface area contributed by atoms with Crippen molar-refractivity contribution in [2.75, 3.05) is 17.2 Å². The molecule has 12 heteroatoms. The Morgan fingerprint density at radius 2 is 1.82 bits per heavy atom. The fourth-order valence-electron chi connectivity index (χ4n) is 5.03.